The predicted octanol–water partition coefficient (Wildman–Crippen LogP) is 7.82. The van der Waals surface area contributed by atoms with Crippen molar-refractivity contribution in [3.05, 3.63) is 102 Å². The topological polar surface area (TPSA) is 45.5 Å². The molecule has 208 valence electrons. The molecule has 0 radical (unpaired) electrons. The summed E-state index contributed by atoms with van der Waals surface area (Å²) in [4.78, 5) is 13.1. The molecule has 3 aromatic rings. The fourth-order valence-electron chi connectivity index (χ4n) is 7.07. The van der Waals surface area contributed by atoms with E-state index in [4.69, 9.17) is 9.98 Å². The van der Waals surface area contributed by atoms with Crippen molar-refractivity contribution in [2.75, 3.05) is 25.0 Å². The third kappa shape index (κ3) is 5.51. The molecule has 2 saturated heterocycles. The van der Waals surface area contributed by atoms with E-state index >= 15 is 0 Å². The fourth-order valence-corrected chi connectivity index (χ4v) is 7.07. The minimum absolute atomic E-state index is 0.803. The van der Waals surface area contributed by atoms with Crippen LogP contribution in [-0.4, -0.2) is 40.1 Å². The second-order valence-corrected chi connectivity index (χ2v) is 11.6. The number of nitrogens with zero attached hydrogens (tertiary/aromatic N) is 4. The first kappa shape index (κ1) is 26.0. The number of nitrogens with one attached hydrogen (secondary N) is 1. The summed E-state index contributed by atoms with van der Waals surface area (Å²) in [6.45, 7) is 3.45. The number of piperidine rings is 2. The van der Waals surface area contributed by atoms with Crippen LogP contribution in [0.1, 0.15) is 44.9 Å². The van der Waals surface area contributed by atoms with Crippen molar-refractivity contribution >= 4 is 22.4 Å². The molecule has 1 aliphatic carbocycles. The second-order valence-electron chi connectivity index (χ2n) is 11.6. The number of fused-ring (bicyclic) bond motifs is 3. The van der Waals surface area contributed by atoms with Gasteiger partial charge in [-0.1, -0.05) is 55.0 Å². The van der Waals surface area contributed by atoms with Crippen LogP contribution >= 0.6 is 0 Å². The summed E-state index contributed by atoms with van der Waals surface area (Å²) in [6, 6.07) is 34.6. The van der Waals surface area contributed by atoms with Crippen LogP contribution in [0.25, 0.3) is 28.1 Å². The SMILES string of the molecule is c1ccc(Nc2cc3nc4ccccc4n(-c4ccccc4)c-3cc2=NCCC[C@@H]2CCCN3CCCC[C@H]23)cc1. The largest absolute Gasteiger partial charge is 0.354 e. The van der Waals surface area contributed by atoms with E-state index < -0.39 is 0 Å². The van der Waals surface area contributed by atoms with E-state index in [0.29, 0.717) is 0 Å². The summed E-state index contributed by atoms with van der Waals surface area (Å²) in [5.41, 5.74) is 7.27. The molecule has 5 heteroatoms. The van der Waals surface area contributed by atoms with Crippen LogP contribution < -0.4 is 10.7 Å². The van der Waals surface area contributed by atoms with E-state index in [1.165, 1.54) is 51.6 Å². The van der Waals surface area contributed by atoms with Gasteiger partial charge in [0.25, 0.3) is 0 Å². The maximum atomic E-state index is 5.24. The summed E-state index contributed by atoms with van der Waals surface area (Å²) in [7, 11) is 0. The molecule has 4 aliphatic rings. The van der Waals surface area contributed by atoms with E-state index in [0.717, 1.165) is 69.8 Å². The van der Waals surface area contributed by atoms with Crippen LogP contribution in [-0.2, 0) is 0 Å². The van der Waals surface area contributed by atoms with Crippen LogP contribution in [0.15, 0.2) is 102 Å². The Balaban J connectivity index is 1.27. The molecule has 41 heavy (non-hydrogen) atoms. The van der Waals surface area contributed by atoms with Crippen molar-refractivity contribution < 1.29 is 0 Å². The van der Waals surface area contributed by atoms with Crippen LogP contribution in [0.2, 0.25) is 0 Å². The molecule has 3 aliphatic heterocycles. The van der Waals surface area contributed by atoms with Gasteiger partial charge in [0, 0.05) is 24.0 Å². The predicted molar refractivity (Wildman–Crippen MR) is 169 cm³/mol. The third-order valence-corrected chi connectivity index (χ3v) is 9.01. The Morgan fingerprint density at radius 2 is 1.59 bits per heavy atom. The lowest BCUT2D eigenvalue weighted by Crippen LogP contribution is -2.47. The number of anilines is 2. The van der Waals surface area contributed by atoms with Crippen molar-refractivity contribution in [1.82, 2.24) is 14.5 Å². The van der Waals surface area contributed by atoms with Gasteiger partial charge in [0.15, 0.2) is 0 Å². The quantitative estimate of drug-likeness (QED) is 0.169. The maximum absolute atomic E-state index is 5.24. The average molecular weight is 542 g/mol. The summed E-state index contributed by atoms with van der Waals surface area (Å²) in [5, 5.41) is 4.64. The first-order chi connectivity index (χ1) is 20.3. The van der Waals surface area contributed by atoms with Crippen molar-refractivity contribution in [3.63, 3.8) is 0 Å². The lowest BCUT2D eigenvalue weighted by Gasteiger charge is -2.44. The number of benzene rings is 4. The van der Waals surface area contributed by atoms with Crippen molar-refractivity contribution in [2.45, 2.75) is 51.0 Å². The molecular formula is C36H39N5. The lowest BCUT2D eigenvalue weighted by atomic mass is 9.81. The molecule has 3 aromatic carbocycles. The zero-order valence-electron chi connectivity index (χ0n) is 23.8. The molecule has 0 aromatic heterocycles. The van der Waals surface area contributed by atoms with Gasteiger partial charge in [-0.2, -0.15) is 0 Å². The van der Waals surface area contributed by atoms with E-state index in [1.807, 2.05) is 6.07 Å². The Labute approximate surface area is 242 Å². The van der Waals surface area contributed by atoms with E-state index in [1.54, 1.807) is 0 Å². The highest BCUT2D eigenvalue weighted by atomic mass is 15.2. The Morgan fingerprint density at radius 1 is 0.805 bits per heavy atom. The minimum atomic E-state index is 0.803. The molecule has 7 rings (SSSR count). The number of aromatic nitrogens is 2. The van der Waals surface area contributed by atoms with Gasteiger partial charge in [0.2, 0.25) is 0 Å². The smallest absolute Gasteiger partial charge is 0.0900 e. The van der Waals surface area contributed by atoms with Gasteiger partial charge >= 0.3 is 0 Å². The van der Waals surface area contributed by atoms with E-state index in [9.17, 15) is 0 Å². The molecule has 5 nitrogen and oxygen atoms in total. The van der Waals surface area contributed by atoms with E-state index in [-0.39, 0.29) is 0 Å². The summed E-state index contributed by atoms with van der Waals surface area (Å²) < 4.78 is 2.32. The second kappa shape index (κ2) is 11.9. The first-order valence-electron chi connectivity index (χ1n) is 15.4. The highest BCUT2D eigenvalue weighted by Crippen LogP contribution is 2.34. The van der Waals surface area contributed by atoms with Crippen molar-refractivity contribution in [2.24, 2.45) is 10.9 Å². The van der Waals surface area contributed by atoms with Crippen LogP contribution in [0.4, 0.5) is 11.4 Å². The zero-order valence-corrected chi connectivity index (χ0v) is 23.8. The summed E-state index contributed by atoms with van der Waals surface area (Å²) >= 11 is 0. The number of hydrogen-bond donors (Lipinski definition) is 1. The van der Waals surface area contributed by atoms with Crippen LogP contribution in [0.5, 0.6) is 0 Å². The molecule has 0 amide bonds. The molecule has 2 atom stereocenters. The molecule has 0 bridgehead atoms. The summed E-state index contributed by atoms with van der Waals surface area (Å²) in [6.07, 6.45) is 9.31. The van der Waals surface area contributed by atoms with Gasteiger partial charge in [-0.3, -0.25) is 4.99 Å². The van der Waals surface area contributed by atoms with Crippen LogP contribution in [0, 0.1) is 5.92 Å². The van der Waals surface area contributed by atoms with Gasteiger partial charge in [-0.05, 0) is 106 Å². The molecule has 0 spiro atoms. The van der Waals surface area contributed by atoms with Gasteiger partial charge in [-0.15, -0.1) is 0 Å². The number of para-hydroxylation sites is 4. The van der Waals surface area contributed by atoms with Gasteiger partial charge < -0.3 is 14.8 Å². The molecule has 0 saturated carbocycles. The third-order valence-electron chi connectivity index (χ3n) is 9.01. The van der Waals surface area contributed by atoms with E-state index in [2.05, 4.69) is 106 Å². The summed E-state index contributed by atoms with van der Waals surface area (Å²) in [5.74, 6) is 0.827. The Hall–Kier alpha value is -3.96. The fraction of sp³-hybridized carbons (Fsp3) is 0.333. The first-order valence-corrected chi connectivity index (χ1v) is 15.4. The minimum Gasteiger partial charge on any atom is -0.354 e. The highest BCUT2D eigenvalue weighted by molar-refractivity contribution is 5.84. The lowest BCUT2D eigenvalue weighted by molar-refractivity contribution is 0.0552. The molecular weight excluding hydrogens is 502 g/mol. The van der Waals surface area contributed by atoms with Gasteiger partial charge in [0.1, 0.15) is 0 Å². The Kier molecular flexibility index (Phi) is 7.52. The normalized spacial score (nSPS) is 19.9. The average Bonchev–Trinajstić information content (AvgIpc) is 3.03. The highest BCUT2D eigenvalue weighted by Gasteiger charge is 2.32. The van der Waals surface area contributed by atoms with Crippen LogP contribution in [0.3, 0.4) is 0 Å². The monoisotopic (exact) mass is 541 g/mol. The van der Waals surface area contributed by atoms with Gasteiger partial charge in [0.05, 0.1) is 33.5 Å². The molecule has 2 fully saturated rings. The molecule has 3 heterocycles. The Morgan fingerprint density at radius 3 is 2.46 bits per heavy atom. The van der Waals surface area contributed by atoms with Crippen molar-refractivity contribution in [3.8, 4) is 17.1 Å². The zero-order chi connectivity index (χ0) is 27.4. The molecule has 0 unspecified atom stereocenters. The van der Waals surface area contributed by atoms with Crippen molar-refractivity contribution in [1.29, 1.82) is 0 Å². The molecule has 1 N–H and O–H groups in total. The standard InChI is InChI=1S/C36H39N5/c1-3-15-28(16-4-1)38-32-25-33-36(41(29-17-5-2-6-18-29)35-21-8-7-19-30(35)39-33)26-31(32)37-22-11-13-27-14-12-24-40-23-10-9-20-34(27)40/h1-8,15-19,21,25-27,34,38H,9-14,20,22-24H2/t27-,34-/m1/s1. The maximum Gasteiger partial charge on any atom is 0.0900 e. The number of hydrogen-bond acceptors (Lipinski definition) is 4. The van der Waals surface area contributed by atoms with Gasteiger partial charge in [-0.25, -0.2) is 4.98 Å². The number of rotatable bonds is 7. The Bertz CT molecular complexity index is 1640.